The van der Waals surface area contributed by atoms with E-state index in [2.05, 4.69) is 17.2 Å². The third-order valence-corrected chi connectivity index (χ3v) is 2.93. The van der Waals surface area contributed by atoms with Crippen molar-refractivity contribution in [3.63, 3.8) is 0 Å². The summed E-state index contributed by atoms with van der Waals surface area (Å²) in [4.78, 5) is 15.9. The fourth-order valence-corrected chi connectivity index (χ4v) is 1.51. The summed E-state index contributed by atoms with van der Waals surface area (Å²) < 4.78 is 5.26. The van der Waals surface area contributed by atoms with Crippen molar-refractivity contribution < 1.29 is 9.21 Å². The SMILES string of the molecule is CCCCC(N)c1nc(C(=O)NC(C)CC)co1. The standard InChI is InChI=1S/C13H23N3O2/c1-4-6-7-10(14)13-16-11(8-18-13)12(17)15-9(3)5-2/h8-10H,4-7,14H2,1-3H3,(H,15,17). The largest absolute Gasteiger partial charge is 0.446 e. The van der Waals surface area contributed by atoms with Crippen molar-refractivity contribution in [2.45, 2.75) is 58.5 Å². The Hall–Kier alpha value is -1.36. The van der Waals surface area contributed by atoms with Crippen LogP contribution < -0.4 is 11.1 Å². The smallest absolute Gasteiger partial charge is 0.273 e. The Labute approximate surface area is 108 Å². The summed E-state index contributed by atoms with van der Waals surface area (Å²) in [6, 6.07) is -0.0958. The molecule has 2 unspecified atom stereocenters. The van der Waals surface area contributed by atoms with E-state index in [4.69, 9.17) is 10.2 Å². The van der Waals surface area contributed by atoms with E-state index in [1.807, 2.05) is 13.8 Å². The van der Waals surface area contributed by atoms with Crippen molar-refractivity contribution in [3.8, 4) is 0 Å². The van der Waals surface area contributed by atoms with Gasteiger partial charge in [-0.3, -0.25) is 4.79 Å². The maximum absolute atomic E-state index is 11.8. The molecule has 0 aliphatic carbocycles. The molecule has 0 radical (unpaired) electrons. The predicted octanol–water partition coefficient (Wildman–Crippen LogP) is 2.39. The second-order valence-corrected chi connectivity index (χ2v) is 4.60. The Morgan fingerprint density at radius 3 is 2.89 bits per heavy atom. The first-order valence-corrected chi connectivity index (χ1v) is 6.60. The molecular weight excluding hydrogens is 230 g/mol. The summed E-state index contributed by atoms with van der Waals surface area (Å²) in [7, 11) is 0. The number of hydrogen-bond donors (Lipinski definition) is 2. The van der Waals surface area contributed by atoms with Gasteiger partial charge in [0.15, 0.2) is 5.69 Å². The third-order valence-electron chi connectivity index (χ3n) is 2.93. The average Bonchev–Trinajstić information content (AvgIpc) is 2.85. The van der Waals surface area contributed by atoms with Gasteiger partial charge in [0.25, 0.3) is 5.91 Å². The van der Waals surface area contributed by atoms with Crippen LogP contribution in [-0.2, 0) is 0 Å². The van der Waals surface area contributed by atoms with Gasteiger partial charge < -0.3 is 15.5 Å². The molecule has 3 N–H and O–H groups in total. The van der Waals surface area contributed by atoms with Crippen LogP contribution in [0.25, 0.3) is 0 Å². The van der Waals surface area contributed by atoms with E-state index < -0.39 is 0 Å². The van der Waals surface area contributed by atoms with Crippen LogP contribution in [0, 0.1) is 0 Å². The van der Waals surface area contributed by atoms with Crippen LogP contribution in [-0.4, -0.2) is 16.9 Å². The van der Waals surface area contributed by atoms with Gasteiger partial charge in [0.05, 0.1) is 6.04 Å². The van der Waals surface area contributed by atoms with Gasteiger partial charge in [-0.05, 0) is 19.8 Å². The predicted molar refractivity (Wildman–Crippen MR) is 70.2 cm³/mol. The number of amides is 1. The minimum Gasteiger partial charge on any atom is -0.446 e. The van der Waals surface area contributed by atoms with Gasteiger partial charge in [0, 0.05) is 6.04 Å². The summed E-state index contributed by atoms with van der Waals surface area (Å²) in [5, 5.41) is 2.84. The number of oxazole rings is 1. The van der Waals surface area contributed by atoms with E-state index in [0.29, 0.717) is 11.6 Å². The normalized spacial score (nSPS) is 14.2. The molecule has 0 aliphatic rings. The first-order chi connectivity index (χ1) is 8.58. The van der Waals surface area contributed by atoms with Gasteiger partial charge in [-0.1, -0.05) is 26.7 Å². The van der Waals surface area contributed by atoms with Crippen molar-refractivity contribution >= 4 is 5.91 Å². The number of aromatic nitrogens is 1. The number of nitrogens with one attached hydrogen (secondary N) is 1. The fraction of sp³-hybridized carbons (Fsp3) is 0.692. The topological polar surface area (TPSA) is 81.1 Å². The minimum absolute atomic E-state index is 0.131. The zero-order valence-electron chi connectivity index (χ0n) is 11.4. The Morgan fingerprint density at radius 2 is 2.28 bits per heavy atom. The number of hydrogen-bond acceptors (Lipinski definition) is 4. The van der Waals surface area contributed by atoms with E-state index in [-0.39, 0.29) is 18.0 Å². The summed E-state index contributed by atoms with van der Waals surface area (Å²) in [6.07, 6.45) is 5.18. The lowest BCUT2D eigenvalue weighted by Crippen LogP contribution is -2.32. The lowest BCUT2D eigenvalue weighted by Gasteiger charge is -2.09. The molecule has 2 atom stereocenters. The first kappa shape index (κ1) is 14.7. The highest BCUT2D eigenvalue weighted by Crippen LogP contribution is 2.16. The van der Waals surface area contributed by atoms with E-state index in [9.17, 15) is 4.79 Å². The zero-order valence-corrected chi connectivity index (χ0v) is 11.4. The Morgan fingerprint density at radius 1 is 1.56 bits per heavy atom. The number of unbranched alkanes of at least 4 members (excludes halogenated alkanes) is 1. The molecule has 102 valence electrons. The second-order valence-electron chi connectivity index (χ2n) is 4.60. The molecule has 0 aliphatic heterocycles. The number of rotatable bonds is 7. The molecule has 0 spiro atoms. The number of carbonyl (C=O) groups is 1. The lowest BCUT2D eigenvalue weighted by molar-refractivity contribution is 0.0934. The van der Waals surface area contributed by atoms with Crippen LogP contribution in [0.15, 0.2) is 10.7 Å². The van der Waals surface area contributed by atoms with Gasteiger partial charge in [-0.15, -0.1) is 0 Å². The molecule has 0 saturated heterocycles. The molecule has 0 saturated carbocycles. The molecular formula is C13H23N3O2. The highest BCUT2D eigenvalue weighted by Gasteiger charge is 2.17. The van der Waals surface area contributed by atoms with Gasteiger partial charge >= 0.3 is 0 Å². The summed E-state index contributed by atoms with van der Waals surface area (Å²) in [5.41, 5.74) is 6.24. The molecule has 1 amide bonds. The van der Waals surface area contributed by atoms with E-state index in [1.165, 1.54) is 6.26 Å². The second kappa shape index (κ2) is 7.16. The number of nitrogens with two attached hydrogens (primary N) is 1. The molecule has 0 bridgehead atoms. The van der Waals surface area contributed by atoms with Crippen LogP contribution in [0.2, 0.25) is 0 Å². The van der Waals surface area contributed by atoms with Crippen molar-refractivity contribution in [3.05, 3.63) is 17.8 Å². The summed E-state index contributed by atoms with van der Waals surface area (Å²) >= 11 is 0. The van der Waals surface area contributed by atoms with Crippen molar-refractivity contribution in [2.24, 2.45) is 5.73 Å². The van der Waals surface area contributed by atoms with Crippen LogP contribution in [0.5, 0.6) is 0 Å². The summed E-state index contributed by atoms with van der Waals surface area (Å²) in [6.45, 7) is 6.07. The first-order valence-electron chi connectivity index (χ1n) is 6.60. The molecule has 1 rings (SSSR count). The molecule has 1 aromatic rings. The summed E-state index contributed by atoms with van der Waals surface area (Å²) in [5.74, 6) is 0.236. The maximum Gasteiger partial charge on any atom is 0.273 e. The Kier molecular flexibility index (Phi) is 5.85. The molecule has 5 nitrogen and oxygen atoms in total. The van der Waals surface area contributed by atoms with E-state index in [0.717, 1.165) is 25.7 Å². The maximum atomic E-state index is 11.8. The van der Waals surface area contributed by atoms with Crippen molar-refractivity contribution in [2.75, 3.05) is 0 Å². The highest BCUT2D eigenvalue weighted by molar-refractivity contribution is 5.92. The lowest BCUT2D eigenvalue weighted by atomic mass is 10.1. The molecule has 1 aromatic heterocycles. The van der Waals surface area contributed by atoms with Gasteiger partial charge in [0.2, 0.25) is 5.89 Å². The van der Waals surface area contributed by atoms with Crippen molar-refractivity contribution in [1.29, 1.82) is 0 Å². The Bertz CT molecular complexity index is 376. The van der Waals surface area contributed by atoms with Crippen LogP contribution in [0.4, 0.5) is 0 Å². The third kappa shape index (κ3) is 4.14. The van der Waals surface area contributed by atoms with E-state index >= 15 is 0 Å². The number of carbonyl (C=O) groups excluding carboxylic acids is 1. The van der Waals surface area contributed by atoms with Gasteiger partial charge in [0.1, 0.15) is 6.26 Å². The number of nitrogens with zero attached hydrogens (tertiary/aromatic N) is 1. The minimum atomic E-state index is -0.227. The average molecular weight is 253 g/mol. The van der Waals surface area contributed by atoms with Crippen molar-refractivity contribution in [1.82, 2.24) is 10.3 Å². The molecule has 5 heteroatoms. The van der Waals surface area contributed by atoms with E-state index in [1.54, 1.807) is 0 Å². The molecule has 0 aromatic carbocycles. The highest BCUT2D eigenvalue weighted by atomic mass is 16.3. The van der Waals surface area contributed by atoms with Crippen LogP contribution >= 0.6 is 0 Å². The van der Waals surface area contributed by atoms with Gasteiger partial charge in [-0.2, -0.15) is 0 Å². The quantitative estimate of drug-likeness (QED) is 0.781. The molecule has 1 heterocycles. The fourth-order valence-electron chi connectivity index (χ4n) is 1.51. The van der Waals surface area contributed by atoms with Crippen LogP contribution in [0.1, 0.15) is 68.9 Å². The monoisotopic (exact) mass is 253 g/mol. The van der Waals surface area contributed by atoms with Crippen LogP contribution in [0.3, 0.4) is 0 Å². The van der Waals surface area contributed by atoms with Gasteiger partial charge in [-0.25, -0.2) is 4.98 Å². The molecule has 0 fully saturated rings. The zero-order chi connectivity index (χ0) is 13.5. The molecule has 18 heavy (non-hydrogen) atoms. The Balaban J connectivity index is 2.59.